The fourth-order valence-electron chi connectivity index (χ4n) is 2.06. The van der Waals surface area contributed by atoms with E-state index in [1.165, 1.54) is 27.1 Å². The van der Waals surface area contributed by atoms with Crippen LogP contribution in [0.5, 0.6) is 0 Å². The lowest BCUT2D eigenvalue weighted by atomic mass is 9.95. The van der Waals surface area contributed by atoms with Gasteiger partial charge in [0.05, 0.1) is 0 Å². The first-order chi connectivity index (χ1) is 7.72. The second kappa shape index (κ2) is 4.67. The standard InChI is InChI=1S/C15H16S/c1-4-6-13-12(3)9-11(2)10-14(13)15-7-5-8-16-15/h4-5,7-10H,1,6H2,2-3H3. The van der Waals surface area contributed by atoms with Crippen molar-refractivity contribution in [2.24, 2.45) is 0 Å². The van der Waals surface area contributed by atoms with Gasteiger partial charge in [0.2, 0.25) is 0 Å². The van der Waals surface area contributed by atoms with Crippen molar-refractivity contribution in [1.29, 1.82) is 0 Å². The lowest BCUT2D eigenvalue weighted by molar-refractivity contribution is 1.21. The summed E-state index contributed by atoms with van der Waals surface area (Å²) in [6, 6.07) is 8.81. The Labute approximate surface area is 101 Å². The highest BCUT2D eigenvalue weighted by Crippen LogP contribution is 2.31. The number of benzene rings is 1. The van der Waals surface area contributed by atoms with Gasteiger partial charge in [-0.15, -0.1) is 17.9 Å². The summed E-state index contributed by atoms with van der Waals surface area (Å²) in [4.78, 5) is 1.35. The summed E-state index contributed by atoms with van der Waals surface area (Å²) in [6.45, 7) is 8.18. The van der Waals surface area contributed by atoms with Crippen LogP contribution in [0.4, 0.5) is 0 Å². The molecule has 0 N–H and O–H groups in total. The van der Waals surface area contributed by atoms with E-state index in [9.17, 15) is 0 Å². The fraction of sp³-hybridized carbons (Fsp3) is 0.200. The third kappa shape index (κ3) is 2.10. The Morgan fingerprint density at radius 2 is 2.12 bits per heavy atom. The monoisotopic (exact) mass is 228 g/mol. The summed E-state index contributed by atoms with van der Waals surface area (Å²) in [6.07, 6.45) is 2.92. The van der Waals surface area contributed by atoms with Crippen molar-refractivity contribution < 1.29 is 0 Å². The topological polar surface area (TPSA) is 0 Å². The molecule has 82 valence electrons. The van der Waals surface area contributed by atoms with Crippen LogP contribution in [0.25, 0.3) is 10.4 Å². The molecule has 0 aliphatic rings. The average molecular weight is 228 g/mol. The van der Waals surface area contributed by atoms with Crippen LogP contribution in [0, 0.1) is 13.8 Å². The summed E-state index contributed by atoms with van der Waals surface area (Å²) < 4.78 is 0. The fourth-order valence-corrected chi connectivity index (χ4v) is 2.83. The molecule has 16 heavy (non-hydrogen) atoms. The quantitative estimate of drug-likeness (QED) is 0.664. The predicted octanol–water partition coefficient (Wildman–Crippen LogP) is 4.76. The minimum atomic E-state index is 0.944. The van der Waals surface area contributed by atoms with E-state index in [0.717, 1.165) is 6.42 Å². The third-order valence-corrected chi connectivity index (χ3v) is 3.66. The summed E-state index contributed by atoms with van der Waals surface area (Å²) in [5.74, 6) is 0. The van der Waals surface area contributed by atoms with Crippen molar-refractivity contribution in [3.63, 3.8) is 0 Å². The van der Waals surface area contributed by atoms with E-state index in [-0.39, 0.29) is 0 Å². The second-order valence-electron chi connectivity index (χ2n) is 4.08. The van der Waals surface area contributed by atoms with Gasteiger partial charge in [-0.25, -0.2) is 0 Å². The molecule has 0 aliphatic heterocycles. The van der Waals surface area contributed by atoms with Gasteiger partial charge in [-0.3, -0.25) is 0 Å². The van der Waals surface area contributed by atoms with E-state index >= 15 is 0 Å². The van der Waals surface area contributed by atoms with Crippen LogP contribution in [0.1, 0.15) is 16.7 Å². The molecular formula is C15H16S. The SMILES string of the molecule is C=CCc1c(C)cc(C)cc1-c1cccs1. The van der Waals surface area contributed by atoms with Gasteiger partial charge in [-0.2, -0.15) is 0 Å². The zero-order valence-corrected chi connectivity index (χ0v) is 10.6. The molecule has 0 spiro atoms. The van der Waals surface area contributed by atoms with E-state index in [1.807, 2.05) is 6.08 Å². The molecule has 0 atom stereocenters. The van der Waals surface area contributed by atoms with E-state index in [2.05, 4.69) is 50.1 Å². The highest BCUT2D eigenvalue weighted by atomic mass is 32.1. The number of rotatable bonds is 3. The maximum atomic E-state index is 3.85. The maximum absolute atomic E-state index is 3.85. The van der Waals surface area contributed by atoms with Crippen LogP contribution >= 0.6 is 11.3 Å². The van der Waals surface area contributed by atoms with Gasteiger partial charge in [0.15, 0.2) is 0 Å². The van der Waals surface area contributed by atoms with E-state index in [4.69, 9.17) is 0 Å². The molecule has 1 aromatic carbocycles. The number of aryl methyl sites for hydroxylation is 2. The molecule has 0 nitrogen and oxygen atoms in total. The Kier molecular flexibility index (Phi) is 3.25. The molecule has 0 amide bonds. The smallest absolute Gasteiger partial charge is 0.0345 e. The molecule has 1 aromatic heterocycles. The largest absolute Gasteiger partial charge is 0.144 e. The lowest BCUT2D eigenvalue weighted by Crippen LogP contribution is -1.92. The van der Waals surface area contributed by atoms with Crippen molar-refractivity contribution in [2.75, 3.05) is 0 Å². The number of thiophene rings is 1. The first-order valence-corrected chi connectivity index (χ1v) is 6.35. The Morgan fingerprint density at radius 3 is 2.75 bits per heavy atom. The molecular weight excluding hydrogens is 212 g/mol. The Bertz CT molecular complexity index is 492. The molecule has 0 fully saturated rings. The lowest BCUT2D eigenvalue weighted by Gasteiger charge is -2.11. The minimum Gasteiger partial charge on any atom is -0.144 e. The molecule has 2 aromatic rings. The molecule has 0 saturated carbocycles. The number of allylic oxidation sites excluding steroid dienone is 1. The van der Waals surface area contributed by atoms with Gasteiger partial charge in [0.1, 0.15) is 0 Å². The molecule has 0 unspecified atom stereocenters. The van der Waals surface area contributed by atoms with Crippen LogP contribution in [-0.4, -0.2) is 0 Å². The molecule has 1 heteroatoms. The van der Waals surface area contributed by atoms with Crippen molar-refractivity contribution in [2.45, 2.75) is 20.3 Å². The molecule has 0 bridgehead atoms. The summed E-state index contributed by atoms with van der Waals surface area (Å²) in [5, 5.41) is 2.13. The number of hydrogen-bond donors (Lipinski definition) is 0. The van der Waals surface area contributed by atoms with Crippen LogP contribution in [0.15, 0.2) is 42.3 Å². The summed E-state index contributed by atoms with van der Waals surface area (Å²) >= 11 is 1.80. The molecule has 0 aliphatic carbocycles. The van der Waals surface area contributed by atoms with Crippen LogP contribution in [0.3, 0.4) is 0 Å². The van der Waals surface area contributed by atoms with Crippen molar-refractivity contribution >= 4 is 11.3 Å². The van der Waals surface area contributed by atoms with Gasteiger partial charge >= 0.3 is 0 Å². The summed E-state index contributed by atoms with van der Waals surface area (Å²) in [5.41, 5.74) is 5.47. The second-order valence-corrected chi connectivity index (χ2v) is 5.03. The maximum Gasteiger partial charge on any atom is 0.0345 e. The highest BCUT2D eigenvalue weighted by Gasteiger charge is 2.08. The van der Waals surface area contributed by atoms with Crippen molar-refractivity contribution in [3.8, 4) is 10.4 Å². The van der Waals surface area contributed by atoms with Crippen LogP contribution < -0.4 is 0 Å². The van der Waals surface area contributed by atoms with Crippen LogP contribution in [-0.2, 0) is 6.42 Å². The van der Waals surface area contributed by atoms with Crippen molar-refractivity contribution in [3.05, 3.63) is 59.0 Å². The Balaban J connectivity index is 2.62. The first-order valence-electron chi connectivity index (χ1n) is 5.47. The number of hydrogen-bond acceptors (Lipinski definition) is 1. The summed E-state index contributed by atoms with van der Waals surface area (Å²) in [7, 11) is 0. The van der Waals surface area contributed by atoms with Gasteiger partial charge in [0, 0.05) is 4.88 Å². The van der Waals surface area contributed by atoms with Gasteiger partial charge < -0.3 is 0 Å². The minimum absolute atomic E-state index is 0.944. The highest BCUT2D eigenvalue weighted by molar-refractivity contribution is 7.13. The molecule has 2 rings (SSSR count). The van der Waals surface area contributed by atoms with E-state index in [0.29, 0.717) is 0 Å². The van der Waals surface area contributed by atoms with E-state index in [1.54, 1.807) is 11.3 Å². The molecule has 0 saturated heterocycles. The average Bonchev–Trinajstić information content (AvgIpc) is 2.75. The van der Waals surface area contributed by atoms with Crippen molar-refractivity contribution in [1.82, 2.24) is 0 Å². The molecule has 1 heterocycles. The Morgan fingerprint density at radius 1 is 1.31 bits per heavy atom. The van der Waals surface area contributed by atoms with Gasteiger partial charge in [-0.05, 0) is 48.4 Å². The normalized spacial score (nSPS) is 10.4. The third-order valence-electron chi connectivity index (χ3n) is 2.75. The first kappa shape index (κ1) is 11.2. The van der Waals surface area contributed by atoms with Crippen LogP contribution in [0.2, 0.25) is 0 Å². The van der Waals surface area contributed by atoms with Gasteiger partial charge in [-0.1, -0.05) is 29.8 Å². The van der Waals surface area contributed by atoms with Gasteiger partial charge in [0.25, 0.3) is 0 Å². The molecule has 0 radical (unpaired) electrons. The zero-order valence-electron chi connectivity index (χ0n) is 9.79. The Hall–Kier alpha value is -1.34. The predicted molar refractivity (Wildman–Crippen MR) is 73.1 cm³/mol. The zero-order chi connectivity index (χ0) is 11.5. The van der Waals surface area contributed by atoms with E-state index < -0.39 is 0 Å².